The third kappa shape index (κ3) is 2.12. The maximum absolute atomic E-state index is 13.3. The Morgan fingerprint density at radius 1 is 1.06 bits per heavy atom. The minimum Gasteiger partial charge on any atom is -0.361 e. The fraction of sp³-hybridized carbons (Fsp3) is 0.0667. The van der Waals surface area contributed by atoms with Crippen molar-refractivity contribution in [2.75, 3.05) is 0 Å². The lowest BCUT2D eigenvalue weighted by Gasteiger charge is -2.01. The van der Waals surface area contributed by atoms with Gasteiger partial charge in [-0.1, -0.05) is 23.7 Å². The summed E-state index contributed by atoms with van der Waals surface area (Å²) in [6.45, 7) is 0. The van der Waals surface area contributed by atoms with E-state index >= 15 is 0 Å². The predicted molar refractivity (Wildman–Crippen MR) is 72.5 cm³/mol. The minimum absolute atomic E-state index is 0.209. The quantitative estimate of drug-likeness (QED) is 0.695. The molecular weight excluding hydrogens is 249 g/mol. The molecule has 0 saturated carbocycles. The SMILES string of the molecule is Fc1ccc2[nH]cc(Cc3ccc(Cl)cc3)c2c1. The van der Waals surface area contributed by atoms with Crippen LogP contribution < -0.4 is 0 Å². The van der Waals surface area contributed by atoms with E-state index in [1.165, 1.54) is 6.07 Å². The zero-order chi connectivity index (χ0) is 12.5. The summed E-state index contributed by atoms with van der Waals surface area (Å²) in [5, 5.41) is 1.66. The number of hydrogen-bond donors (Lipinski definition) is 1. The summed E-state index contributed by atoms with van der Waals surface area (Å²) in [5.74, 6) is -0.209. The number of H-pyrrole nitrogens is 1. The molecule has 1 heterocycles. The highest BCUT2D eigenvalue weighted by Gasteiger charge is 2.05. The summed E-state index contributed by atoms with van der Waals surface area (Å²) in [5.41, 5.74) is 3.21. The zero-order valence-electron chi connectivity index (χ0n) is 9.58. The largest absolute Gasteiger partial charge is 0.361 e. The van der Waals surface area contributed by atoms with E-state index in [-0.39, 0.29) is 5.82 Å². The topological polar surface area (TPSA) is 15.8 Å². The lowest BCUT2D eigenvalue weighted by Crippen LogP contribution is -1.86. The van der Waals surface area contributed by atoms with E-state index < -0.39 is 0 Å². The van der Waals surface area contributed by atoms with Crippen molar-refractivity contribution in [3.05, 3.63) is 70.6 Å². The Morgan fingerprint density at radius 2 is 1.83 bits per heavy atom. The van der Waals surface area contributed by atoms with Crippen LogP contribution >= 0.6 is 11.6 Å². The Morgan fingerprint density at radius 3 is 2.61 bits per heavy atom. The second kappa shape index (κ2) is 4.46. The van der Waals surface area contributed by atoms with Crippen LogP contribution in [-0.4, -0.2) is 4.98 Å². The first-order valence-electron chi connectivity index (χ1n) is 5.72. The van der Waals surface area contributed by atoms with Crippen LogP contribution in [0, 0.1) is 5.82 Å². The Hall–Kier alpha value is -1.80. The minimum atomic E-state index is -0.209. The maximum Gasteiger partial charge on any atom is 0.123 e. The number of hydrogen-bond acceptors (Lipinski definition) is 0. The van der Waals surface area contributed by atoms with Gasteiger partial charge < -0.3 is 4.98 Å². The molecule has 1 N–H and O–H groups in total. The smallest absolute Gasteiger partial charge is 0.123 e. The van der Waals surface area contributed by atoms with E-state index in [2.05, 4.69) is 4.98 Å². The van der Waals surface area contributed by atoms with Crippen LogP contribution in [0.1, 0.15) is 11.1 Å². The highest BCUT2D eigenvalue weighted by atomic mass is 35.5. The molecule has 0 atom stereocenters. The Balaban J connectivity index is 1.99. The van der Waals surface area contributed by atoms with Gasteiger partial charge in [0, 0.05) is 22.1 Å². The van der Waals surface area contributed by atoms with Crippen molar-refractivity contribution >= 4 is 22.5 Å². The second-order valence-electron chi connectivity index (χ2n) is 4.31. The molecule has 0 aliphatic heterocycles. The molecule has 0 saturated heterocycles. The van der Waals surface area contributed by atoms with E-state index in [1.54, 1.807) is 12.1 Å². The molecule has 3 rings (SSSR count). The average Bonchev–Trinajstić information content (AvgIpc) is 2.75. The Labute approximate surface area is 109 Å². The van der Waals surface area contributed by atoms with Gasteiger partial charge in [0.15, 0.2) is 0 Å². The number of halogens is 2. The molecule has 0 radical (unpaired) electrons. The fourth-order valence-corrected chi connectivity index (χ4v) is 2.25. The van der Waals surface area contributed by atoms with Gasteiger partial charge in [-0.3, -0.25) is 0 Å². The lowest BCUT2D eigenvalue weighted by molar-refractivity contribution is 0.629. The van der Waals surface area contributed by atoms with Crippen molar-refractivity contribution in [3.8, 4) is 0 Å². The number of aromatic nitrogens is 1. The normalized spacial score (nSPS) is 11.0. The van der Waals surface area contributed by atoms with E-state index in [0.717, 1.165) is 33.5 Å². The van der Waals surface area contributed by atoms with Crippen LogP contribution in [0.25, 0.3) is 10.9 Å². The first-order valence-corrected chi connectivity index (χ1v) is 6.10. The van der Waals surface area contributed by atoms with Gasteiger partial charge in [-0.2, -0.15) is 0 Å². The molecule has 90 valence electrons. The van der Waals surface area contributed by atoms with E-state index in [4.69, 9.17) is 11.6 Å². The summed E-state index contributed by atoms with van der Waals surface area (Å²) >= 11 is 5.85. The van der Waals surface area contributed by atoms with E-state index in [9.17, 15) is 4.39 Å². The van der Waals surface area contributed by atoms with Gasteiger partial charge in [0.2, 0.25) is 0 Å². The molecule has 1 nitrogen and oxygen atoms in total. The molecule has 0 bridgehead atoms. The van der Waals surface area contributed by atoms with Crippen LogP contribution in [-0.2, 0) is 6.42 Å². The molecule has 0 aliphatic rings. The molecule has 18 heavy (non-hydrogen) atoms. The van der Waals surface area contributed by atoms with E-state index in [1.807, 2.05) is 30.5 Å². The molecule has 2 aromatic carbocycles. The highest BCUT2D eigenvalue weighted by molar-refractivity contribution is 6.30. The van der Waals surface area contributed by atoms with Crippen molar-refractivity contribution in [1.82, 2.24) is 4.98 Å². The van der Waals surface area contributed by atoms with Gasteiger partial charge in [-0.25, -0.2) is 4.39 Å². The molecule has 0 unspecified atom stereocenters. The van der Waals surface area contributed by atoms with Gasteiger partial charge in [0.05, 0.1) is 0 Å². The van der Waals surface area contributed by atoms with Gasteiger partial charge >= 0.3 is 0 Å². The van der Waals surface area contributed by atoms with Gasteiger partial charge in [-0.05, 0) is 47.9 Å². The Bertz CT molecular complexity index is 685. The standard InChI is InChI=1S/C15H11ClFN/c16-12-3-1-10(2-4-12)7-11-9-18-15-6-5-13(17)8-14(11)15/h1-6,8-9,18H,7H2. The number of benzene rings is 2. The third-order valence-corrected chi connectivity index (χ3v) is 3.29. The van der Waals surface area contributed by atoms with Crippen molar-refractivity contribution < 1.29 is 4.39 Å². The molecular formula is C15H11ClFN. The zero-order valence-corrected chi connectivity index (χ0v) is 10.3. The summed E-state index contributed by atoms with van der Waals surface area (Å²) in [6.07, 6.45) is 2.69. The van der Waals surface area contributed by atoms with Crippen LogP contribution in [0.2, 0.25) is 5.02 Å². The summed E-state index contributed by atoms with van der Waals surface area (Å²) in [6, 6.07) is 12.5. The van der Waals surface area contributed by atoms with Crippen molar-refractivity contribution in [2.24, 2.45) is 0 Å². The van der Waals surface area contributed by atoms with E-state index in [0.29, 0.717) is 0 Å². The first kappa shape index (κ1) is 11.3. The molecule has 0 amide bonds. The predicted octanol–water partition coefficient (Wildman–Crippen LogP) is 4.55. The molecule has 3 heteroatoms. The molecule has 0 aliphatic carbocycles. The number of nitrogens with one attached hydrogen (secondary N) is 1. The third-order valence-electron chi connectivity index (χ3n) is 3.04. The number of aromatic amines is 1. The van der Waals surface area contributed by atoms with Crippen LogP contribution in [0.15, 0.2) is 48.7 Å². The monoisotopic (exact) mass is 259 g/mol. The van der Waals surface area contributed by atoms with Crippen molar-refractivity contribution in [1.29, 1.82) is 0 Å². The second-order valence-corrected chi connectivity index (χ2v) is 4.74. The molecule has 0 spiro atoms. The van der Waals surface area contributed by atoms with Gasteiger partial charge in [0.1, 0.15) is 5.82 Å². The number of fused-ring (bicyclic) bond motifs is 1. The van der Waals surface area contributed by atoms with Crippen molar-refractivity contribution in [2.45, 2.75) is 6.42 Å². The molecule has 3 aromatic rings. The van der Waals surface area contributed by atoms with Crippen molar-refractivity contribution in [3.63, 3.8) is 0 Å². The molecule has 1 aromatic heterocycles. The van der Waals surface area contributed by atoms with Crippen LogP contribution in [0.3, 0.4) is 0 Å². The summed E-state index contributed by atoms with van der Waals surface area (Å²) < 4.78 is 13.3. The van der Waals surface area contributed by atoms with Gasteiger partial charge in [-0.15, -0.1) is 0 Å². The molecule has 0 fully saturated rings. The lowest BCUT2D eigenvalue weighted by atomic mass is 10.0. The Kier molecular flexibility index (Phi) is 2.80. The highest BCUT2D eigenvalue weighted by Crippen LogP contribution is 2.22. The average molecular weight is 260 g/mol. The van der Waals surface area contributed by atoms with Gasteiger partial charge in [0.25, 0.3) is 0 Å². The first-order chi connectivity index (χ1) is 8.72. The van der Waals surface area contributed by atoms with Crippen LogP contribution in [0.4, 0.5) is 4.39 Å². The summed E-state index contributed by atoms with van der Waals surface area (Å²) in [4.78, 5) is 3.15. The summed E-state index contributed by atoms with van der Waals surface area (Å²) in [7, 11) is 0. The van der Waals surface area contributed by atoms with Crippen LogP contribution in [0.5, 0.6) is 0 Å². The maximum atomic E-state index is 13.3. The fourth-order valence-electron chi connectivity index (χ4n) is 2.12. The number of rotatable bonds is 2.